The molecule has 0 saturated carbocycles. The molecule has 0 aliphatic carbocycles. The monoisotopic (exact) mass is 364 g/mol. The number of anilines is 3. The van der Waals surface area contributed by atoms with Crippen LogP contribution in [-0.4, -0.2) is 37.5 Å². The van der Waals surface area contributed by atoms with Crippen molar-refractivity contribution in [2.24, 2.45) is 5.73 Å². The number of carbonyl (C=O) groups excluding carboxylic acids is 2. The third kappa shape index (κ3) is 3.74. The minimum absolute atomic E-state index is 0.0429. The summed E-state index contributed by atoms with van der Waals surface area (Å²) in [5, 5.41) is 2.88. The third-order valence-corrected chi connectivity index (χ3v) is 5.37. The summed E-state index contributed by atoms with van der Waals surface area (Å²) in [5.74, 6) is -0.225. The molecule has 1 fully saturated rings. The number of nitrogens with zero attached hydrogens (tertiary/aromatic N) is 2. The van der Waals surface area contributed by atoms with E-state index in [9.17, 15) is 9.59 Å². The van der Waals surface area contributed by atoms with Crippen LogP contribution in [0.3, 0.4) is 0 Å². The first-order valence-electron chi connectivity index (χ1n) is 9.38. The highest BCUT2D eigenvalue weighted by molar-refractivity contribution is 5.99. The van der Waals surface area contributed by atoms with Gasteiger partial charge in [-0.3, -0.25) is 9.59 Å². The van der Waals surface area contributed by atoms with Crippen molar-refractivity contribution in [3.63, 3.8) is 0 Å². The van der Waals surface area contributed by atoms with Gasteiger partial charge in [-0.1, -0.05) is 18.2 Å². The minimum Gasteiger partial charge on any atom is -0.370 e. The molecule has 2 aliphatic rings. The Morgan fingerprint density at radius 3 is 2.70 bits per heavy atom. The van der Waals surface area contributed by atoms with Crippen LogP contribution in [0, 0.1) is 0 Å². The summed E-state index contributed by atoms with van der Waals surface area (Å²) in [4.78, 5) is 27.7. The highest BCUT2D eigenvalue weighted by atomic mass is 16.2. The van der Waals surface area contributed by atoms with Crippen LogP contribution in [0.1, 0.15) is 18.4 Å². The zero-order chi connectivity index (χ0) is 18.8. The molecule has 3 N–H and O–H groups in total. The van der Waals surface area contributed by atoms with Crippen molar-refractivity contribution in [1.29, 1.82) is 0 Å². The molecule has 6 nitrogen and oxygen atoms in total. The van der Waals surface area contributed by atoms with Gasteiger partial charge in [0.25, 0.3) is 0 Å². The predicted molar refractivity (Wildman–Crippen MR) is 107 cm³/mol. The van der Waals surface area contributed by atoms with Gasteiger partial charge in [0.2, 0.25) is 11.8 Å². The molecule has 2 heterocycles. The van der Waals surface area contributed by atoms with E-state index in [-0.39, 0.29) is 17.9 Å². The molecule has 2 amide bonds. The Bertz CT molecular complexity index is 853. The Morgan fingerprint density at radius 1 is 1.11 bits per heavy atom. The van der Waals surface area contributed by atoms with E-state index in [1.807, 2.05) is 24.3 Å². The van der Waals surface area contributed by atoms with Crippen LogP contribution in [0.2, 0.25) is 0 Å². The lowest BCUT2D eigenvalue weighted by Gasteiger charge is -2.44. The molecular weight excluding hydrogens is 340 g/mol. The van der Waals surface area contributed by atoms with Gasteiger partial charge in [0, 0.05) is 49.2 Å². The molecule has 0 spiro atoms. The zero-order valence-corrected chi connectivity index (χ0v) is 15.2. The zero-order valence-electron chi connectivity index (χ0n) is 15.2. The molecule has 0 radical (unpaired) electrons. The maximum absolute atomic E-state index is 11.6. The lowest BCUT2D eigenvalue weighted by molar-refractivity contribution is -0.118. The van der Waals surface area contributed by atoms with E-state index in [4.69, 9.17) is 5.73 Å². The quantitative estimate of drug-likeness (QED) is 0.852. The van der Waals surface area contributed by atoms with Crippen LogP contribution in [0.15, 0.2) is 48.5 Å². The summed E-state index contributed by atoms with van der Waals surface area (Å²) in [5.41, 5.74) is 9.66. The first kappa shape index (κ1) is 17.4. The first-order chi connectivity index (χ1) is 13.1. The van der Waals surface area contributed by atoms with Gasteiger partial charge in [-0.15, -0.1) is 0 Å². The largest absolute Gasteiger partial charge is 0.370 e. The molecule has 2 aliphatic heterocycles. The number of nitrogens with two attached hydrogens (primary N) is 1. The molecule has 1 unspecified atom stereocenters. The van der Waals surface area contributed by atoms with E-state index in [1.165, 1.54) is 5.69 Å². The van der Waals surface area contributed by atoms with Crippen LogP contribution in [-0.2, 0) is 16.0 Å². The standard InChI is InChI=1S/C21H24N4O2/c22-20(26)9-7-18-14-24(16-4-2-1-3-5-16)10-11-25(18)17-6-8-19-15(12-17)13-21(27)23-19/h1-6,8,12,18H,7,9-11,13-14H2,(H2,22,26)(H,23,27). The van der Waals surface area contributed by atoms with E-state index >= 15 is 0 Å². The second-order valence-electron chi connectivity index (χ2n) is 7.20. The second kappa shape index (κ2) is 7.31. The van der Waals surface area contributed by atoms with Crippen molar-refractivity contribution in [2.45, 2.75) is 25.3 Å². The SMILES string of the molecule is NC(=O)CCC1CN(c2ccccc2)CCN1c1ccc2c(c1)CC(=O)N2. The molecule has 4 rings (SSSR count). The highest BCUT2D eigenvalue weighted by Gasteiger charge is 2.29. The number of benzene rings is 2. The van der Waals surface area contributed by atoms with Crippen molar-refractivity contribution in [2.75, 3.05) is 34.8 Å². The number of para-hydroxylation sites is 1. The van der Waals surface area contributed by atoms with Gasteiger partial charge in [-0.05, 0) is 42.3 Å². The molecule has 0 aromatic heterocycles. The molecule has 27 heavy (non-hydrogen) atoms. The van der Waals surface area contributed by atoms with E-state index in [2.05, 4.69) is 39.4 Å². The number of primary amides is 1. The number of piperazine rings is 1. The van der Waals surface area contributed by atoms with Gasteiger partial charge in [0.1, 0.15) is 0 Å². The Hall–Kier alpha value is -3.02. The summed E-state index contributed by atoms with van der Waals surface area (Å²) < 4.78 is 0. The van der Waals surface area contributed by atoms with Crippen molar-refractivity contribution >= 4 is 28.9 Å². The van der Waals surface area contributed by atoms with E-state index in [0.29, 0.717) is 19.3 Å². The van der Waals surface area contributed by atoms with Gasteiger partial charge < -0.3 is 20.9 Å². The van der Waals surface area contributed by atoms with Gasteiger partial charge in [0.05, 0.1) is 6.42 Å². The Morgan fingerprint density at radius 2 is 1.93 bits per heavy atom. The van der Waals surface area contributed by atoms with Crippen LogP contribution in [0.5, 0.6) is 0 Å². The summed E-state index contributed by atoms with van der Waals surface area (Å²) in [6.07, 6.45) is 1.51. The fourth-order valence-electron chi connectivity index (χ4n) is 4.02. The predicted octanol–water partition coefficient (Wildman–Crippen LogP) is 2.14. The van der Waals surface area contributed by atoms with Crippen LogP contribution < -0.4 is 20.9 Å². The van der Waals surface area contributed by atoms with Gasteiger partial charge in [-0.25, -0.2) is 0 Å². The number of fused-ring (bicyclic) bond motifs is 1. The third-order valence-electron chi connectivity index (χ3n) is 5.37. The molecule has 2 aromatic carbocycles. The minimum atomic E-state index is -0.268. The van der Waals surface area contributed by atoms with E-state index in [0.717, 1.165) is 36.6 Å². The van der Waals surface area contributed by atoms with Crippen LogP contribution >= 0.6 is 0 Å². The van der Waals surface area contributed by atoms with Crippen LogP contribution in [0.4, 0.5) is 17.1 Å². The molecule has 140 valence electrons. The van der Waals surface area contributed by atoms with Crippen molar-refractivity contribution in [3.8, 4) is 0 Å². The molecule has 1 saturated heterocycles. The van der Waals surface area contributed by atoms with Crippen molar-refractivity contribution in [1.82, 2.24) is 0 Å². The number of hydrogen-bond donors (Lipinski definition) is 2. The topological polar surface area (TPSA) is 78.7 Å². The Labute approximate surface area is 158 Å². The first-order valence-corrected chi connectivity index (χ1v) is 9.38. The molecule has 0 bridgehead atoms. The van der Waals surface area contributed by atoms with Gasteiger partial charge in [0.15, 0.2) is 0 Å². The van der Waals surface area contributed by atoms with Gasteiger partial charge in [-0.2, -0.15) is 0 Å². The number of carbonyl (C=O) groups is 2. The van der Waals surface area contributed by atoms with Gasteiger partial charge >= 0.3 is 0 Å². The average molecular weight is 364 g/mol. The number of hydrogen-bond acceptors (Lipinski definition) is 4. The number of nitrogens with one attached hydrogen (secondary N) is 1. The smallest absolute Gasteiger partial charge is 0.228 e. The molecule has 6 heteroatoms. The molecular formula is C21H24N4O2. The average Bonchev–Trinajstić information content (AvgIpc) is 3.06. The number of amides is 2. The Kier molecular flexibility index (Phi) is 4.71. The van der Waals surface area contributed by atoms with Crippen molar-refractivity contribution < 1.29 is 9.59 Å². The second-order valence-corrected chi connectivity index (χ2v) is 7.20. The molecule has 1 atom stereocenters. The maximum atomic E-state index is 11.6. The highest BCUT2D eigenvalue weighted by Crippen LogP contribution is 2.31. The fraction of sp³-hybridized carbons (Fsp3) is 0.333. The summed E-state index contributed by atoms with van der Waals surface area (Å²) in [7, 11) is 0. The summed E-state index contributed by atoms with van der Waals surface area (Å²) in [6.45, 7) is 2.61. The fourth-order valence-corrected chi connectivity index (χ4v) is 4.02. The lowest BCUT2D eigenvalue weighted by Crippen LogP contribution is -2.53. The van der Waals surface area contributed by atoms with E-state index < -0.39 is 0 Å². The summed E-state index contributed by atoms with van der Waals surface area (Å²) >= 11 is 0. The number of rotatable bonds is 5. The van der Waals surface area contributed by atoms with E-state index in [1.54, 1.807) is 0 Å². The lowest BCUT2D eigenvalue weighted by atomic mass is 10.0. The normalized spacial score (nSPS) is 19.0. The molecule has 2 aromatic rings. The van der Waals surface area contributed by atoms with Crippen molar-refractivity contribution in [3.05, 3.63) is 54.1 Å². The summed E-state index contributed by atoms with van der Waals surface area (Å²) in [6, 6.07) is 16.7. The van der Waals surface area contributed by atoms with Crippen LogP contribution in [0.25, 0.3) is 0 Å². The Balaban J connectivity index is 1.56. The maximum Gasteiger partial charge on any atom is 0.228 e.